The van der Waals surface area contributed by atoms with Crippen LogP contribution in [0.3, 0.4) is 0 Å². The summed E-state index contributed by atoms with van der Waals surface area (Å²) in [6.45, 7) is 1.48. The molecule has 1 amide bonds. The Morgan fingerprint density at radius 1 is 1.09 bits per heavy atom. The third-order valence-electron chi connectivity index (χ3n) is 5.25. The van der Waals surface area contributed by atoms with Crippen LogP contribution in [-0.4, -0.2) is 33.5 Å². The molecule has 174 valence electrons. The van der Waals surface area contributed by atoms with Crippen molar-refractivity contribution >= 4 is 22.6 Å². The van der Waals surface area contributed by atoms with Crippen LogP contribution < -0.4 is 20.1 Å². The first kappa shape index (κ1) is 21.7. The van der Waals surface area contributed by atoms with Crippen molar-refractivity contribution in [2.24, 2.45) is 0 Å². The summed E-state index contributed by atoms with van der Waals surface area (Å²) in [5, 5.41) is 6.57. The van der Waals surface area contributed by atoms with Gasteiger partial charge in [0.15, 0.2) is 0 Å². The lowest BCUT2D eigenvalue weighted by Crippen LogP contribution is -2.25. The summed E-state index contributed by atoms with van der Waals surface area (Å²) in [7, 11) is 0. The Morgan fingerprint density at radius 2 is 1.97 bits per heavy atom. The fourth-order valence-electron chi connectivity index (χ4n) is 3.77. The van der Waals surface area contributed by atoms with E-state index < -0.39 is 18.1 Å². The summed E-state index contributed by atoms with van der Waals surface area (Å²) >= 11 is 0. The van der Waals surface area contributed by atoms with Crippen LogP contribution in [0.2, 0.25) is 0 Å². The highest BCUT2D eigenvalue weighted by molar-refractivity contribution is 5.98. The Labute approximate surface area is 191 Å². The fraction of sp³-hybridized carbons (Fsp3) is 0.174. The largest absolute Gasteiger partial charge is 0.573 e. The molecule has 5 rings (SSSR count). The number of rotatable bonds is 4. The molecular weight excluding hydrogens is 451 g/mol. The molecule has 0 saturated heterocycles. The van der Waals surface area contributed by atoms with Crippen LogP contribution >= 0.6 is 0 Å². The molecule has 0 fully saturated rings. The Morgan fingerprint density at radius 3 is 2.82 bits per heavy atom. The van der Waals surface area contributed by atoms with Gasteiger partial charge in [-0.05, 0) is 49.4 Å². The maximum Gasteiger partial charge on any atom is 0.573 e. The first-order valence-electron chi connectivity index (χ1n) is 10.4. The van der Waals surface area contributed by atoms with Gasteiger partial charge in [0.05, 0.1) is 11.2 Å². The quantitative estimate of drug-likeness (QED) is 0.444. The minimum Gasteiger partial charge on any atom is -0.439 e. The van der Waals surface area contributed by atoms with Gasteiger partial charge in [-0.1, -0.05) is 6.07 Å². The standard InChI is InChI=1S/C23H18F3N5O3/c24-23(25,26)34-17-3-1-2-15(11-17)30-22(32)31-9-7-14-10-16(4-5-20(14)31)33-21-18-6-8-27-12-19(18)28-13-29-21/h1-5,7,9-11,13,27H,6,8,12H2,(H,30,32). The van der Waals surface area contributed by atoms with Gasteiger partial charge in [0.25, 0.3) is 0 Å². The predicted octanol–water partition coefficient (Wildman–Crippen LogP) is 4.85. The topological polar surface area (TPSA) is 90.3 Å². The second kappa shape index (κ2) is 8.67. The third-order valence-corrected chi connectivity index (χ3v) is 5.25. The summed E-state index contributed by atoms with van der Waals surface area (Å²) < 4.78 is 48.6. The maximum atomic E-state index is 12.8. The molecule has 2 N–H and O–H groups in total. The predicted molar refractivity (Wildman–Crippen MR) is 117 cm³/mol. The Hall–Kier alpha value is -4.12. The molecule has 3 heterocycles. The van der Waals surface area contributed by atoms with Gasteiger partial charge in [-0.15, -0.1) is 13.2 Å². The molecule has 34 heavy (non-hydrogen) atoms. The molecule has 0 spiro atoms. The Kier molecular flexibility index (Phi) is 5.54. The number of hydrogen-bond acceptors (Lipinski definition) is 6. The molecule has 0 aliphatic carbocycles. The van der Waals surface area contributed by atoms with E-state index in [0.29, 0.717) is 23.7 Å². The van der Waals surface area contributed by atoms with E-state index in [4.69, 9.17) is 4.74 Å². The Balaban J connectivity index is 1.34. The lowest BCUT2D eigenvalue weighted by Gasteiger charge is -2.18. The number of halogens is 3. The van der Waals surface area contributed by atoms with Crippen molar-refractivity contribution in [3.8, 4) is 17.4 Å². The van der Waals surface area contributed by atoms with Gasteiger partial charge in [-0.2, -0.15) is 0 Å². The van der Waals surface area contributed by atoms with Crippen LogP contribution in [0.1, 0.15) is 11.3 Å². The molecule has 0 atom stereocenters. The molecule has 2 aromatic carbocycles. The number of ether oxygens (including phenoxy) is 2. The second-order valence-electron chi connectivity index (χ2n) is 7.55. The Bertz CT molecular complexity index is 1370. The van der Waals surface area contributed by atoms with E-state index in [0.717, 1.165) is 41.7 Å². The van der Waals surface area contributed by atoms with Crippen molar-refractivity contribution in [1.82, 2.24) is 19.9 Å². The summed E-state index contributed by atoms with van der Waals surface area (Å²) in [6, 6.07) is 11.5. The molecule has 0 unspecified atom stereocenters. The molecule has 0 radical (unpaired) electrons. The van der Waals surface area contributed by atoms with Crippen molar-refractivity contribution in [2.75, 3.05) is 11.9 Å². The molecule has 0 bridgehead atoms. The summed E-state index contributed by atoms with van der Waals surface area (Å²) in [5.74, 6) is 0.637. The number of benzene rings is 2. The van der Waals surface area contributed by atoms with Crippen molar-refractivity contribution < 1.29 is 27.4 Å². The van der Waals surface area contributed by atoms with Crippen LogP contribution in [-0.2, 0) is 13.0 Å². The zero-order chi connectivity index (χ0) is 23.7. The van der Waals surface area contributed by atoms with E-state index >= 15 is 0 Å². The van der Waals surface area contributed by atoms with Crippen molar-refractivity contribution in [3.63, 3.8) is 0 Å². The number of anilines is 1. The van der Waals surface area contributed by atoms with Gasteiger partial charge in [-0.25, -0.2) is 14.8 Å². The molecule has 8 nitrogen and oxygen atoms in total. The number of fused-ring (bicyclic) bond motifs is 2. The number of nitrogens with one attached hydrogen (secondary N) is 2. The van der Waals surface area contributed by atoms with E-state index in [1.807, 2.05) is 0 Å². The number of alkyl halides is 3. The fourth-order valence-corrected chi connectivity index (χ4v) is 3.77. The number of nitrogens with zero attached hydrogens (tertiary/aromatic N) is 3. The van der Waals surface area contributed by atoms with E-state index in [9.17, 15) is 18.0 Å². The lowest BCUT2D eigenvalue weighted by molar-refractivity contribution is -0.274. The number of amides is 1. The van der Waals surface area contributed by atoms with E-state index in [1.54, 1.807) is 30.5 Å². The average Bonchev–Trinajstić information content (AvgIpc) is 3.22. The normalized spacial score (nSPS) is 13.4. The molecule has 11 heteroatoms. The van der Waals surface area contributed by atoms with Gasteiger partial charge in [0, 0.05) is 35.4 Å². The van der Waals surface area contributed by atoms with Gasteiger partial charge in [-0.3, -0.25) is 4.57 Å². The monoisotopic (exact) mass is 469 g/mol. The van der Waals surface area contributed by atoms with Gasteiger partial charge >= 0.3 is 12.4 Å². The summed E-state index contributed by atoms with van der Waals surface area (Å²) in [6.07, 6.45) is -1.02. The number of carbonyl (C=O) groups is 1. The lowest BCUT2D eigenvalue weighted by atomic mass is 10.1. The van der Waals surface area contributed by atoms with Crippen LogP contribution in [0.15, 0.2) is 61.1 Å². The SMILES string of the molecule is O=C(Nc1cccc(OC(F)(F)F)c1)n1ccc2cc(Oc3ncnc4c3CCNC4)ccc21. The third kappa shape index (κ3) is 4.64. The van der Waals surface area contributed by atoms with Crippen molar-refractivity contribution in [1.29, 1.82) is 0 Å². The molecule has 2 aromatic heterocycles. The highest BCUT2D eigenvalue weighted by atomic mass is 19.4. The minimum atomic E-state index is -4.82. The van der Waals surface area contributed by atoms with Gasteiger partial charge in [0.1, 0.15) is 17.8 Å². The van der Waals surface area contributed by atoms with Gasteiger partial charge < -0.3 is 20.1 Å². The maximum absolute atomic E-state index is 12.8. The van der Waals surface area contributed by atoms with E-state index in [1.165, 1.54) is 23.0 Å². The number of aromatic nitrogens is 3. The van der Waals surface area contributed by atoms with Crippen LogP contribution in [0.25, 0.3) is 10.9 Å². The molecule has 1 aliphatic rings. The van der Waals surface area contributed by atoms with Crippen molar-refractivity contribution in [3.05, 3.63) is 72.3 Å². The van der Waals surface area contributed by atoms with E-state index in [2.05, 4.69) is 25.3 Å². The molecule has 4 aromatic rings. The van der Waals surface area contributed by atoms with Crippen LogP contribution in [0.5, 0.6) is 17.4 Å². The van der Waals surface area contributed by atoms with E-state index in [-0.39, 0.29) is 5.69 Å². The minimum absolute atomic E-state index is 0.163. The molecule has 0 saturated carbocycles. The zero-order valence-electron chi connectivity index (χ0n) is 17.6. The van der Waals surface area contributed by atoms with Crippen LogP contribution in [0, 0.1) is 0 Å². The first-order valence-corrected chi connectivity index (χ1v) is 10.4. The average molecular weight is 469 g/mol. The summed E-state index contributed by atoms with van der Waals surface area (Å²) in [4.78, 5) is 21.3. The van der Waals surface area contributed by atoms with Gasteiger partial charge in [0.2, 0.25) is 5.88 Å². The smallest absolute Gasteiger partial charge is 0.439 e. The highest BCUT2D eigenvalue weighted by Gasteiger charge is 2.31. The number of carbonyl (C=O) groups excluding carboxylic acids is 1. The zero-order valence-corrected chi connectivity index (χ0v) is 17.6. The summed E-state index contributed by atoms with van der Waals surface area (Å²) in [5.41, 5.74) is 2.64. The number of hydrogen-bond donors (Lipinski definition) is 2. The van der Waals surface area contributed by atoms with Crippen molar-refractivity contribution in [2.45, 2.75) is 19.3 Å². The first-order chi connectivity index (χ1) is 16.4. The molecular formula is C23H18F3N5O3. The molecule has 1 aliphatic heterocycles. The second-order valence-corrected chi connectivity index (χ2v) is 7.55. The van der Waals surface area contributed by atoms with Crippen LogP contribution in [0.4, 0.5) is 23.7 Å². The highest BCUT2D eigenvalue weighted by Crippen LogP contribution is 2.30.